The van der Waals surface area contributed by atoms with Gasteiger partial charge in [-0.05, 0) is 65.6 Å². The standard InChI is InChI=1S/C46H52BrN5O10Si/c1-26-42(63(3,4)32-17-15-31(60-2)16-18-32)37(20-21-51-24-35(49-50-51)33(25-53)28-8-6-5-7-9-28)62-46(26)34-22-29(47)12-19-36(34)52(45(46)59)23-27-10-13-30(14-11-27)48-43(57)41-39(55)38(54)40(56)44(58)61-41/h5-19,22,24,26,33,37-42,44,53-56,58H,20-21,23,25H2,1-4H3,(H,48,57)/t26-,33?,37+,38-,39-,40+,41-,42-,44+,46+/m0/s1. The number of halogens is 1. The van der Waals surface area contributed by atoms with Gasteiger partial charge in [-0.1, -0.05) is 101 Å². The summed E-state index contributed by atoms with van der Waals surface area (Å²) in [5.41, 5.74) is 2.89. The molecule has 15 nitrogen and oxygen atoms in total. The first kappa shape index (κ1) is 44.8. The van der Waals surface area contributed by atoms with Crippen molar-refractivity contribution in [1.82, 2.24) is 15.0 Å². The molecule has 1 unspecified atom stereocenters. The van der Waals surface area contributed by atoms with Gasteiger partial charge in [-0.25, -0.2) is 0 Å². The van der Waals surface area contributed by atoms with E-state index in [-0.39, 0.29) is 42.5 Å². The van der Waals surface area contributed by atoms with Crippen LogP contribution in [0.1, 0.15) is 41.6 Å². The minimum atomic E-state index is -2.45. The van der Waals surface area contributed by atoms with Gasteiger partial charge in [0, 0.05) is 34.4 Å². The maximum atomic E-state index is 15.3. The Balaban J connectivity index is 1.07. The van der Waals surface area contributed by atoms with Crippen molar-refractivity contribution >= 4 is 52.4 Å². The monoisotopic (exact) mass is 941 g/mol. The average Bonchev–Trinajstić information content (AvgIpc) is 3.94. The molecule has 0 bridgehead atoms. The van der Waals surface area contributed by atoms with Crippen molar-refractivity contribution in [2.24, 2.45) is 5.92 Å². The molecule has 1 aromatic heterocycles. The van der Waals surface area contributed by atoms with Crippen LogP contribution in [0, 0.1) is 5.92 Å². The molecule has 3 aliphatic rings. The number of nitrogens with zero attached hydrogens (tertiary/aromatic N) is 4. The third kappa shape index (κ3) is 8.26. The lowest BCUT2D eigenvalue weighted by atomic mass is 9.82. The summed E-state index contributed by atoms with van der Waals surface area (Å²) < 4.78 is 20.5. The molecule has 17 heteroatoms. The Bertz CT molecular complexity index is 2420. The molecule has 4 heterocycles. The molecule has 2 saturated heterocycles. The van der Waals surface area contributed by atoms with Gasteiger partial charge in [0.15, 0.2) is 18.0 Å². The van der Waals surface area contributed by atoms with Gasteiger partial charge in [-0.2, -0.15) is 0 Å². The molecule has 63 heavy (non-hydrogen) atoms. The van der Waals surface area contributed by atoms with Crippen LogP contribution in [-0.2, 0) is 37.8 Å². The molecule has 0 saturated carbocycles. The Kier molecular flexibility index (Phi) is 12.8. The second-order valence-corrected chi connectivity index (χ2v) is 22.8. The van der Waals surface area contributed by atoms with Crippen LogP contribution in [0.5, 0.6) is 5.75 Å². The van der Waals surface area contributed by atoms with E-state index in [0.29, 0.717) is 24.3 Å². The Labute approximate surface area is 374 Å². The Hall–Kier alpha value is -4.82. The van der Waals surface area contributed by atoms with E-state index in [0.717, 1.165) is 32.6 Å². The van der Waals surface area contributed by atoms with Crippen LogP contribution in [0.15, 0.2) is 108 Å². The fourth-order valence-electron chi connectivity index (χ4n) is 9.78. The molecule has 0 radical (unpaired) electrons. The highest BCUT2D eigenvalue weighted by molar-refractivity contribution is 9.10. The summed E-state index contributed by atoms with van der Waals surface area (Å²) in [5, 5.41) is 63.2. The Morgan fingerprint density at radius 2 is 1.68 bits per heavy atom. The molecule has 2 fully saturated rings. The highest BCUT2D eigenvalue weighted by atomic mass is 79.9. The number of aromatic nitrogens is 3. The highest BCUT2D eigenvalue weighted by Gasteiger charge is 2.66. The molecule has 3 aliphatic heterocycles. The highest BCUT2D eigenvalue weighted by Crippen LogP contribution is 2.60. The number of aliphatic hydroxyl groups is 5. The number of hydrogen-bond acceptors (Lipinski definition) is 12. The van der Waals surface area contributed by atoms with Crippen LogP contribution in [0.2, 0.25) is 18.6 Å². The van der Waals surface area contributed by atoms with Gasteiger partial charge in [0.25, 0.3) is 11.8 Å². The normalized spacial score (nSPS) is 27.4. The van der Waals surface area contributed by atoms with E-state index in [1.807, 2.05) is 66.9 Å². The van der Waals surface area contributed by atoms with Gasteiger partial charge in [0.1, 0.15) is 24.1 Å². The van der Waals surface area contributed by atoms with E-state index in [1.165, 1.54) is 5.19 Å². The summed E-state index contributed by atoms with van der Waals surface area (Å²) in [6, 6.07) is 30.6. The zero-order chi connectivity index (χ0) is 44.8. The summed E-state index contributed by atoms with van der Waals surface area (Å²) in [6.45, 7) is 7.36. The second kappa shape index (κ2) is 18.0. The maximum Gasteiger partial charge on any atom is 0.264 e. The number of carbonyl (C=O) groups excluding carboxylic acids is 2. The number of carbonyl (C=O) groups is 2. The Morgan fingerprint density at radius 1 is 0.968 bits per heavy atom. The van der Waals surface area contributed by atoms with Crippen LogP contribution in [0.25, 0.3) is 0 Å². The molecule has 8 rings (SSSR count). The summed E-state index contributed by atoms with van der Waals surface area (Å²) in [6.07, 6.45) is -6.72. The van der Waals surface area contributed by atoms with Gasteiger partial charge in [-0.3, -0.25) is 14.3 Å². The molecular formula is C46H52BrN5O10Si. The number of methoxy groups -OCH3 is 1. The first-order valence-corrected chi connectivity index (χ1v) is 24.8. The lowest BCUT2D eigenvalue weighted by Crippen LogP contribution is -2.60. The zero-order valence-electron chi connectivity index (χ0n) is 35.3. The number of fused-ring (bicyclic) bond motifs is 2. The molecule has 5 aromatic rings. The van der Waals surface area contributed by atoms with Gasteiger partial charge in [-0.15, -0.1) is 5.10 Å². The average molecular weight is 943 g/mol. The molecule has 0 aliphatic carbocycles. The van der Waals surface area contributed by atoms with Crippen molar-refractivity contribution in [1.29, 1.82) is 0 Å². The minimum Gasteiger partial charge on any atom is -0.497 e. The minimum absolute atomic E-state index is 0.0285. The van der Waals surface area contributed by atoms with Crippen molar-refractivity contribution in [3.8, 4) is 5.75 Å². The molecular weight excluding hydrogens is 891 g/mol. The van der Waals surface area contributed by atoms with Crippen molar-refractivity contribution in [3.63, 3.8) is 0 Å². The summed E-state index contributed by atoms with van der Waals surface area (Å²) in [4.78, 5) is 30.1. The number of benzene rings is 4. The third-order valence-corrected chi connectivity index (χ3v) is 18.0. The van der Waals surface area contributed by atoms with Crippen LogP contribution >= 0.6 is 15.9 Å². The number of rotatable bonds is 13. The number of aliphatic hydroxyl groups excluding tert-OH is 5. The van der Waals surface area contributed by atoms with Crippen LogP contribution in [0.3, 0.4) is 0 Å². The van der Waals surface area contributed by atoms with Crippen LogP contribution < -0.4 is 20.1 Å². The predicted molar refractivity (Wildman–Crippen MR) is 239 cm³/mol. The van der Waals surface area contributed by atoms with E-state index in [4.69, 9.17) is 14.2 Å². The predicted octanol–water partition coefficient (Wildman–Crippen LogP) is 3.76. The Morgan fingerprint density at radius 3 is 2.37 bits per heavy atom. The molecule has 4 aromatic carbocycles. The van der Waals surface area contributed by atoms with Gasteiger partial charge < -0.3 is 50.0 Å². The number of anilines is 2. The van der Waals surface area contributed by atoms with Crippen LogP contribution in [0.4, 0.5) is 11.4 Å². The third-order valence-electron chi connectivity index (χ3n) is 13.1. The second-order valence-electron chi connectivity index (χ2n) is 17.2. The fraction of sp³-hybridized carbons (Fsp3) is 0.391. The van der Waals surface area contributed by atoms with E-state index in [9.17, 15) is 30.3 Å². The fourth-order valence-corrected chi connectivity index (χ4v) is 14.2. The summed E-state index contributed by atoms with van der Waals surface area (Å²) in [5.74, 6) is -0.808. The first-order valence-electron chi connectivity index (χ1n) is 21.0. The van der Waals surface area contributed by atoms with Crippen molar-refractivity contribution in [3.05, 3.63) is 130 Å². The number of nitrogens with one attached hydrogen (secondary N) is 1. The van der Waals surface area contributed by atoms with Crippen molar-refractivity contribution in [2.75, 3.05) is 23.9 Å². The SMILES string of the molecule is COc1ccc([Si](C)(C)[C@@H]2[C@@H](CCn3cc(C(CO)c4ccccc4)nn3)O[C@]3(C(=O)N(Cc4ccc(NC(=O)[C@H]5O[C@@H](O)[C@H](O)[C@@H](O)[C@@H]5O)cc4)c4ccc(Br)cc43)[C@H]2C)cc1. The summed E-state index contributed by atoms with van der Waals surface area (Å²) in [7, 11) is -0.805. The number of ether oxygens (including phenoxy) is 3. The van der Waals surface area contributed by atoms with Gasteiger partial charge in [0.05, 0.1) is 51.7 Å². The number of hydrogen-bond donors (Lipinski definition) is 6. The lowest BCUT2D eigenvalue weighted by Gasteiger charge is -2.37. The first-order chi connectivity index (χ1) is 30.2. The number of amides is 2. The van der Waals surface area contributed by atoms with E-state index >= 15 is 4.79 Å². The van der Waals surface area contributed by atoms with Crippen molar-refractivity contribution in [2.45, 2.75) is 93.4 Å². The molecule has 6 N–H and O–H groups in total. The molecule has 1 spiro atoms. The summed E-state index contributed by atoms with van der Waals surface area (Å²) >= 11 is 3.69. The molecule has 332 valence electrons. The largest absolute Gasteiger partial charge is 0.497 e. The zero-order valence-corrected chi connectivity index (χ0v) is 37.9. The smallest absolute Gasteiger partial charge is 0.264 e. The number of aryl methyl sites for hydroxylation is 1. The van der Waals surface area contributed by atoms with E-state index in [2.05, 4.69) is 63.7 Å². The van der Waals surface area contributed by atoms with Crippen LogP contribution in [-0.4, -0.2) is 111 Å². The molecule has 10 atom stereocenters. The van der Waals surface area contributed by atoms with Crippen molar-refractivity contribution < 1.29 is 49.3 Å². The van der Waals surface area contributed by atoms with Gasteiger partial charge >= 0.3 is 0 Å². The topological polar surface area (TPSA) is 209 Å². The van der Waals surface area contributed by atoms with E-state index < -0.39 is 50.3 Å². The van der Waals surface area contributed by atoms with Gasteiger partial charge in [0.2, 0.25) is 0 Å². The maximum absolute atomic E-state index is 15.3. The molecule has 2 amide bonds. The quantitative estimate of drug-likeness (QED) is 0.0934. The van der Waals surface area contributed by atoms with E-state index in [1.54, 1.807) is 41.0 Å². The lowest BCUT2D eigenvalue weighted by molar-refractivity contribution is -0.274.